The lowest BCUT2D eigenvalue weighted by molar-refractivity contribution is -0.614. The lowest BCUT2D eigenvalue weighted by atomic mass is 9.86. The van der Waals surface area contributed by atoms with Crippen LogP contribution in [0.3, 0.4) is 0 Å². The molecule has 0 radical (unpaired) electrons. The molecule has 2 aromatic heterocycles. The number of amides is 1. The summed E-state index contributed by atoms with van der Waals surface area (Å²) in [6, 6.07) is 24.6. The molecule has 0 fully saturated rings. The Kier molecular flexibility index (Phi) is 10.3. The van der Waals surface area contributed by atoms with Gasteiger partial charge in [0, 0.05) is 22.3 Å². The molecular weight excluding hydrogens is 616 g/mol. The number of nitrogens with one attached hydrogen (secondary N) is 1. The molecule has 11 heteroatoms. The van der Waals surface area contributed by atoms with Gasteiger partial charge in [0.2, 0.25) is 11.6 Å². The van der Waals surface area contributed by atoms with Gasteiger partial charge in [-0.1, -0.05) is 76.0 Å². The first-order valence-corrected chi connectivity index (χ1v) is 15.8. The Morgan fingerprint density at radius 2 is 1.74 bits per heavy atom. The molecular formula is C36H37ClN6O4. The van der Waals surface area contributed by atoms with Gasteiger partial charge in [0.05, 0.1) is 16.8 Å². The van der Waals surface area contributed by atoms with Crippen LogP contribution in [0.25, 0.3) is 16.8 Å². The number of pyridine rings is 1. The highest BCUT2D eigenvalue weighted by Crippen LogP contribution is 2.35. The lowest BCUT2D eigenvalue weighted by Crippen LogP contribution is -2.38. The Hall–Kier alpha value is -5.09. The molecule has 0 aliphatic carbocycles. The second kappa shape index (κ2) is 14.6. The first kappa shape index (κ1) is 33.3. The highest BCUT2D eigenvalue weighted by atomic mass is 35.5. The Bertz CT molecular complexity index is 1820. The fourth-order valence-corrected chi connectivity index (χ4v) is 5.65. The fourth-order valence-electron chi connectivity index (χ4n) is 5.48. The number of hydrogen-bond donors (Lipinski definition) is 1. The number of halogens is 1. The molecule has 0 spiro atoms. The van der Waals surface area contributed by atoms with Gasteiger partial charge in [0.15, 0.2) is 6.20 Å². The maximum atomic E-state index is 14.2. The Balaban J connectivity index is 1.49. The van der Waals surface area contributed by atoms with E-state index in [1.54, 1.807) is 54.6 Å². The Morgan fingerprint density at radius 1 is 1.00 bits per heavy atom. The zero-order chi connectivity index (χ0) is 33.6. The maximum absolute atomic E-state index is 14.2. The molecule has 10 nitrogen and oxygen atoms in total. The number of tetrazole rings is 1. The van der Waals surface area contributed by atoms with E-state index >= 15 is 0 Å². The van der Waals surface area contributed by atoms with Crippen LogP contribution in [0.2, 0.25) is 5.02 Å². The van der Waals surface area contributed by atoms with Crippen LogP contribution in [0, 0.1) is 10.6 Å². The van der Waals surface area contributed by atoms with Crippen LogP contribution in [0.4, 0.5) is 5.69 Å². The van der Waals surface area contributed by atoms with Crippen LogP contribution < -0.4 is 10.0 Å². The number of ether oxygens (including phenoxy) is 1. The zero-order valence-electron chi connectivity index (χ0n) is 26.8. The predicted molar refractivity (Wildman–Crippen MR) is 180 cm³/mol. The van der Waals surface area contributed by atoms with Crippen molar-refractivity contribution in [2.45, 2.75) is 59.0 Å². The molecule has 0 aliphatic heterocycles. The molecule has 2 heterocycles. The van der Waals surface area contributed by atoms with Gasteiger partial charge in [0.25, 0.3) is 0 Å². The molecule has 0 aliphatic rings. The largest absolute Gasteiger partial charge is 0.618 e. The Morgan fingerprint density at radius 3 is 2.40 bits per heavy atom. The number of benzene rings is 3. The second-order valence-electron chi connectivity index (χ2n) is 12.4. The van der Waals surface area contributed by atoms with Crippen molar-refractivity contribution in [3.63, 3.8) is 0 Å². The fraction of sp³-hybridized carbons (Fsp3) is 0.278. The summed E-state index contributed by atoms with van der Waals surface area (Å²) in [5, 5.41) is 28.6. The molecule has 0 saturated heterocycles. The third-order valence-corrected chi connectivity index (χ3v) is 8.16. The van der Waals surface area contributed by atoms with Crippen molar-refractivity contribution in [2.24, 2.45) is 5.41 Å². The maximum Gasteiger partial charge on any atom is 0.338 e. The van der Waals surface area contributed by atoms with Crippen LogP contribution in [0.5, 0.6) is 0 Å². The summed E-state index contributed by atoms with van der Waals surface area (Å²) >= 11 is 6.44. The van der Waals surface area contributed by atoms with Gasteiger partial charge in [-0.15, -0.1) is 5.10 Å². The van der Waals surface area contributed by atoms with Crippen LogP contribution in [-0.2, 0) is 16.0 Å². The molecule has 1 amide bonds. The second-order valence-corrected chi connectivity index (χ2v) is 12.8. The molecule has 0 saturated carbocycles. The molecule has 0 bridgehead atoms. The molecule has 3 aromatic carbocycles. The quantitative estimate of drug-likeness (QED) is 0.0929. The van der Waals surface area contributed by atoms with Gasteiger partial charge in [-0.25, -0.2) is 4.79 Å². The summed E-state index contributed by atoms with van der Waals surface area (Å²) in [6.45, 7) is 8.21. The van der Waals surface area contributed by atoms with Gasteiger partial charge in [-0.2, -0.15) is 9.41 Å². The SMILES string of the molecule is CCCC(OC(=O)c1ccc(NC(=O)C(Cc2ccccc2)c2c(-c3cc(Cl)ccc3-n3cnnn3)ccc[n+]2[O-])cc1)C(C)(C)C. The van der Waals surface area contributed by atoms with Crippen molar-refractivity contribution in [3.8, 4) is 16.8 Å². The van der Waals surface area contributed by atoms with Crippen molar-refractivity contribution in [1.82, 2.24) is 20.2 Å². The van der Waals surface area contributed by atoms with E-state index in [-0.39, 0.29) is 23.6 Å². The Labute approximate surface area is 278 Å². The third-order valence-electron chi connectivity index (χ3n) is 7.93. The van der Waals surface area contributed by atoms with Crippen LogP contribution >= 0.6 is 11.6 Å². The summed E-state index contributed by atoms with van der Waals surface area (Å²) in [7, 11) is 0. The highest BCUT2D eigenvalue weighted by Gasteiger charge is 2.33. The van der Waals surface area contributed by atoms with Crippen LogP contribution in [0.1, 0.15) is 68.1 Å². The zero-order valence-corrected chi connectivity index (χ0v) is 27.5. The minimum Gasteiger partial charge on any atom is -0.618 e. The molecule has 5 rings (SSSR count). The standard InChI is InChI=1S/C36H37ClN6O4/c1-5-10-32(36(2,3)4)47-35(45)25-14-17-27(18-15-25)39-34(44)30(21-24-11-7-6-8-12-24)33-28(13-9-20-43(33)46)29-22-26(37)16-19-31(29)42-23-38-40-41-42/h6-9,11-20,22-23,30,32H,5,10,21H2,1-4H3,(H,39,44). The number of carbonyl (C=O) groups is 2. The van der Waals surface area contributed by atoms with Crippen LogP contribution in [-0.4, -0.2) is 38.2 Å². The molecule has 1 N–H and O–H groups in total. The normalized spacial score (nSPS) is 12.7. The number of hydrogen-bond acceptors (Lipinski definition) is 7. The van der Waals surface area contributed by atoms with Gasteiger partial charge < -0.3 is 15.3 Å². The van der Waals surface area contributed by atoms with Crippen molar-refractivity contribution in [3.05, 3.63) is 125 Å². The van der Waals surface area contributed by atoms with Crippen molar-refractivity contribution < 1.29 is 19.1 Å². The first-order valence-electron chi connectivity index (χ1n) is 15.5. The van der Waals surface area contributed by atoms with Crippen LogP contribution in [0.15, 0.2) is 97.5 Å². The molecule has 5 aromatic rings. The predicted octanol–water partition coefficient (Wildman–Crippen LogP) is 6.95. The average Bonchev–Trinajstić information content (AvgIpc) is 3.59. The molecule has 47 heavy (non-hydrogen) atoms. The molecule has 242 valence electrons. The lowest BCUT2D eigenvalue weighted by Gasteiger charge is -2.30. The number of esters is 1. The number of anilines is 1. The summed E-state index contributed by atoms with van der Waals surface area (Å²) in [5.74, 6) is -1.74. The number of rotatable bonds is 11. The van der Waals surface area contributed by atoms with Gasteiger partial charge in [-0.3, -0.25) is 4.79 Å². The molecule has 2 unspecified atom stereocenters. The van der Waals surface area contributed by atoms with Crippen molar-refractivity contribution in [2.75, 3.05) is 5.32 Å². The van der Waals surface area contributed by atoms with E-state index in [2.05, 4.69) is 27.8 Å². The van der Waals surface area contributed by atoms with E-state index in [0.29, 0.717) is 37.8 Å². The van der Waals surface area contributed by atoms with Gasteiger partial charge in [0.1, 0.15) is 18.3 Å². The average molecular weight is 653 g/mol. The summed E-state index contributed by atoms with van der Waals surface area (Å²) in [6.07, 6.45) is 4.49. The van der Waals surface area contributed by atoms with E-state index in [1.165, 1.54) is 17.2 Å². The summed E-state index contributed by atoms with van der Waals surface area (Å²) in [5.41, 5.74) is 3.43. The monoisotopic (exact) mass is 652 g/mol. The minimum absolute atomic E-state index is 0.194. The number of carbonyl (C=O) groups excluding carboxylic acids is 2. The smallest absolute Gasteiger partial charge is 0.338 e. The van der Waals surface area contributed by atoms with E-state index in [4.69, 9.17) is 16.3 Å². The van der Waals surface area contributed by atoms with Gasteiger partial charge in [-0.05, 0) is 82.8 Å². The first-order chi connectivity index (χ1) is 22.5. The summed E-state index contributed by atoms with van der Waals surface area (Å²) < 4.78 is 8.04. The topological polar surface area (TPSA) is 126 Å². The number of nitrogens with zero attached hydrogens (tertiary/aromatic N) is 5. The van der Waals surface area contributed by atoms with Crippen molar-refractivity contribution >= 4 is 29.2 Å². The minimum atomic E-state index is -0.918. The van der Waals surface area contributed by atoms with E-state index in [9.17, 15) is 14.8 Å². The highest BCUT2D eigenvalue weighted by molar-refractivity contribution is 6.31. The van der Waals surface area contributed by atoms with E-state index in [1.807, 2.05) is 51.1 Å². The molecule has 2 atom stereocenters. The van der Waals surface area contributed by atoms with E-state index in [0.717, 1.165) is 18.4 Å². The summed E-state index contributed by atoms with van der Waals surface area (Å²) in [4.78, 5) is 27.1. The third kappa shape index (κ3) is 8.01. The number of aromatic nitrogens is 5. The van der Waals surface area contributed by atoms with E-state index < -0.39 is 17.8 Å². The van der Waals surface area contributed by atoms with Gasteiger partial charge >= 0.3 is 5.97 Å². The van der Waals surface area contributed by atoms with Crippen molar-refractivity contribution in [1.29, 1.82) is 0 Å².